The Morgan fingerprint density at radius 1 is 1.05 bits per heavy atom. The topological polar surface area (TPSA) is 93.7 Å². The van der Waals surface area contributed by atoms with Crippen LogP contribution in [-0.4, -0.2) is 31.2 Å². The van der Waals surface area contributed by atoms with E-state index in [0.29, 0.717) is 50.7 Å². The van der Waals surface area contributed by atoms with E-state index in [0.717, 1.165) is 48.2 Å². The Morgan fingerprint density at radius 3 is 2.32 bits per heavy atom. The number of halogens is 2. The van der Waals surface area contributed by atoms with Crippen molar-refractivity contribution in [3.05, 3.63) is 73.5 Å². The zero-order valence-electron chi connectivity index (χ0n) is 21.2. The number of ether oxygens (including phenoxy) is 2. The number of ketones is 2. The lowest BCUT2D eigenvalue weighted by molar-refractivity contribution is -0.118. The second-order valence-electron chi connectivity index (χ2n) is 9.73. The molecule has 0 bridgehead atoms. The van der Waals surface area contributed by atoms with Gasteiger partial charge in [-0.15, -0.1) is 0 Å². The van der Waals surface area contributed by atoms with Crippen LogP contribution in [0.1, 0.15) is 55.6 Å². The Hall–Kier alpha value is -3.10. The summed E-state index contributed by atoms with van der Waals surface area (Å²) in [6.07, 6.45) is 4.09. The fourth-order valence-electron chi connectivity index (χ4n) is 5.37. The molecule has 1 heterocycles. The first kappa shape index (κ1) is 26.5. The van der Waals surface area contributed by atoms with Crippen molar-refractivity contribution < 1.29 is 23.9 Å². The van der Waals surface area contributed by atoms with Crippen LogP contribution in [0.4, 0.5) is 5.69 Å². The molecule has 0 saturated heterocycles. The fraction of sp³-hybridized carbons (Fsp3) is 0.345. The van der Waals surface area contributed by atoms with Gasteiger partial charge in [0.15, 0.2) is 29.7 Å². The van der Waals surface area contributed by atoms with Crippen LogP contribution < -0.4 is 20.1 Å². The van der Waals surface area contributed by atoms with Crippen molar-refractivity contribution in [2.75, 3.05) is 19.0 Å². The maximum absolute atomic E-state index is 13.1. The van der Waals surface area contributed by atoms with Crippen LogP contribution in [0.3, 0.4) is 0 Å². The lowest BCUT2D eigenvalue weighted by atomic mass is 9.71. The van der Waals surface area contributed by atoms with Crippen molar-refractivity contribution in [1.82, 2.24) is 5.32 Å². The Morgan fingerprint density at radius 2 is 1.71 bits per heavy atom. The molecule has 0 fully saturated rings. The van der Waals surface area contributed by atoms with Crippen molar-refractivity contribution in [1.29, 1.82) is 0 Å². The Bertz CT molecular complexity index is 1370. The van der Waals surface area contributed by atoms with E-state index in [1.165, 1.54) is 7.11 Å². The predicted octanol–water partition coefficient (Wildman–Crippen LogP) is 6.14. The quantitative estimate of drug-likeness (QED) is 0.415. The third-order valence-electron chi connectivity index (χ3n) is 7.18. The standard InChI is InChI=1S/C29H28BrClN2O5/c1-15-9-10-17(13-19(15)31)32-25(36)14-38-29-18(30)11-16(12-24(29)37-2)26-27-20(5-3-7-22(27)34)33-21-6-4-8-23(35)28(21)26/h9-13,26,33H,3-8,14H2,1-2H3,(H,32,36). The molecule has 2 aromatic carbocycles. The molecule has 198 valence electrons. The maximum Gasteiger partial charge on any atom is 0.262 e. The SMILES string of the molecule is COc1cc(C2C3=C(CCCC3=O)NC3=C2C(=O)CCC3)cc(Br)c1OCC(=O)Nc1ccc(C)c(Cl)c1. The Labute approximate surface area is 234 Å². The molecule has 9 heteroatoms. The fourth-order valence-corrected chi connectivity index (χ4v) is 6.12. The molecule has 2 N–H and O–H groups in total. The highest BCUT2D eigenvalue weighted by Gasteiger charge is 2.40. The number of hydrogen-bond acceptors (Lipinski definition) is 6. The van der Waals surface area contributed by atoms with Crippen molar-refractivity contribution >= 4 is 50.7 Å². The third-order valence-corrected chi connectivity index (χ3v) is 8.18. The van der Waals surface area contributed by atoms with Gasteiger partial charge in [0.1, 0.15) is 0 Å². The second kappa shape index (κ2) is 10.9. The highest BCUT2D eigenvalue weighted by molar-refractivity contribution is 9.10. The smallest absolute Gasteiger partial charge is 0.262 e. The predicted molar refractivity (Wildman–Crippen MR) is 149 cm³/mol. The normalized spacial score (nSPS) is 17.6. The molecule has 1 aliphatic heterocycles. The molecular weight excluding hydrogens is 572 g/mol. The summed E-state index contributed by atoms with van der Waals surface area (Å²) < 4.78 is 12.1. The van der Waals surface area contributed by atoms with E-state index in [1.54, 1.807) is 18.2 Å². The van der Waals surface area contributed by atoms with Gasteiger partial charge >= 0.3 is 0 Å². The number of benzene rings is 2. The van der Waals surface area contributed by atoms with Crippen LogP contribution >= 0.6 is 27.5 Å². The summed E-state index contributed by atoms with van der Waals surface area (Å²) in [5.74, 6) is 0.0710. The highest BCUT2D eigenvalue weighted by atomic mass is 79.9. The molecule has 0 unspecified atom stereocenters. The summed E-state index contributed by atoms with van der Waals surface area (Å²) in [6, 6.07) is 8.93. The first-order valence-electron chi connectivity index (χ1n) is 12.6. The van der Waals surface area contributed by atoms with Gasteiger partial charge in [-0.05, 0) is 83.9 Å². The van der Waals surface area contributed by atoms with Gasteiger partial charge in [-0.1, -0.05) is 17.7 Å². The number of hydrogen-bond donors (Lipinski definition) is 2. The monoisotopic (exact) mass is 598 g/mol. The zero-order valence-corrected chi connectivity index (χ0v) is 23.6. The van der Waals surface area contributed by atoms with Gasteiger partial charge in [0.2, 0.25) is 0 Å². The lowest BCUT2D eigenvalue weighted by Gasteiger charge is -2.37. The minimum absolute atomic E-state index is 0.0666. The van der Waals surface area contributed by atoms with E-state index in [1.807, 2.05) is 19.1 Å². The summed E-state index contributed by atoms with van der Waals surface area (Å²) in [5, 5.41) is 6.76. The molecule has 7 nitrogen and oxygen atoms in total. The number of dihydropyridines is 1. The van der Waals surface area contributed by atoms with E-state index in [4.69, 9.17) is 21.1 Å². The van der Waals surface area contributed by atoms with Crippen molar-refractivity contribution in [3.63, 3.8) is 0 Å². The van der Waals surface area contributed by atoms with Crippen LogP contribution in [0.15, 0.2) is 57.3 Å². The van der Waals surface area contributed by atoms with Gasteiger partial charge in [0, 0.05) is 52.0 Å². The van der Waals surface area contributed by atoms with Gasteiger partial charge in [-0.2, -0.15) is 0 Å². The number of nitrogens with one attached hydrogen (secondary N) is 2. The Kier molecular flexibility index (Phi) is 7.63. The molecule has 38 heavy (non-hydrogen) atoms. The Balaban J connectivity index is 1.44. The van der Waals surface area contributed by atoms with Gasteiger partial charge in [-0.25, -0.2) is 0 Å². The molecule has 0 atom stereocenters. The van der Waals surface area contributed by atoms with Gasteiger partial charge in [-0.3, -0.25) is 14.4 Å². The number of Topliss-reactive ketones (excluding diaryl/α,β-unsaturated/α-hetero) is 2. The number of rotatable bonds is 6. The third kappa shape index (κ3) is 5.12. The van der Waals surface area contributed by atoms with Crippen LogP contribution in [0.2, 0.25) is 5.02 Å². The minimum atomic E-state index is -0.462. The first-order valence-corrected chi connectivity index (χ1v) is 13.8. The average Bonchev–Trinajstić information content (AvgIpc) is 2.89. The van der Waals surface area contributed by atoms with Crippen LogP contribution in [0.5, 0.6) is 11.5 Å². The van der Waals surface area contributed by atoms with Crippen molar-refractivity contribution in [3.8, 4) is 11.5 Å². The second-order valence-corrected chi connectivity index (χ2v) is 11.0. The number of aryl methyl sites for hydroxylation is 1. The maximum atomic E-state index is 13.1. The molecule has 0 spiro atoms. The summed E-state index contributed by atoms with van der Waals surface area (Å²) in [7, 11) is 1.52. The molecule has 5 rings (SSSR count). The van der Waals surface area contributed by atoms with E-state index in [2.05, 4.69) is 26.6 Å². The number of carbonyl (C=O) groups is 3. The first-order chi connectivity index (χ1) is 18.3. The lowest BCUT2D eigenvalue weighted by Crippen LogP contribution is -2.36. The summed E-state index contributed by atoms with van der Waals surface area (Å²) in [5.41, 5.74) is 5.44. The van der Waals surface area contributed by atoms with E-state index in [-0.39, 0.29) is 24.1 Å². The molecule has 0 aromatic heterocycles. The number of methoxy groups -OCH3 is 1. The van der Waals surface area contributed by atoms with E-state index >= 15 is 0 Å². The number of allylic oxidation sites excluding steroid dienone is 4. The van der Waals surface area contributed by atoms with Gasteiger partial charge in [0.05, 0.1) is 11.6 Å². The van der Waals surface area contributed by atoms with Crippen LogP contribution in [0.25, 0.3) is 0 Å². The van der Waals surface area contributed by atoms with E-state index < -0.39 is 5.92 Å². The molecule has 3 aliphatic rings. The van der Waals surface area contributed by atoms with Crippen LogP contribution in [-0.2, 0) is 14.4 Å². The molecule has 0 saturated carbocycles. The average molecular weight is 600 g/mol. The molecule has 1 amide bonds. The van der Waals surface area contributed by atoms with Gasteiger partial charge in [0.25, 0.3) is 5.91 Å². The molecule has 0 radical (unpaired) electrons. The van der Waals surface area contributed by atoms with Gasteiger partial charge < -0.3 is 20.1 Å². The summed E-state index contributed by atoms with van der Waals surface area (Å²) in [6.45, 7) is 1.63. The summed E-state index contributed by atoms with van der Waals surface area (Å²) >= 11 is 9.73. The van der Waals surface area contributed by atoms with E-state index in [9.17, 15) is 14.4 Å². The minimum Gasteiger partial charge on any atom is -0.493 e. The van der Waals surface area contributed by atoms with Crippen LogP contribution in [0, 0.1) is 6.92 Å². The largest absolute Gasteiger partial charge is 0.493 e. The number of anilines is 1. The van der Waals surface area contributed by atoms with Crippen molar-refractivity contribution in [2.45, 2.75) is 51.4 Å². The summed E-state index contributed by atoms with van der Waals surface area (Å²) in [4.78, 5) is 38.8. The molecule has 2 aliphatic carbocycles. The molecule has 2 aromatic rings. The highest BCUT2D eigenvalue weighted by Crippen LogP contribution is 2.48. The van der Waals surface area contributed by atoms with Crippen molar-refractivity contribution in [2.24, 2.45) is 0 Å². The number of amides is 1. The molecular formula is C29H28BrClN2O5. The number of carbonyl (C=O) groups excluding carboxylic acids is 3. The zero-order chi connectivity index (χ0) is 27.0.